The van der Waals surface area contributed by atoms with Gasteiger partial charge in [-0.15, -0.1) is 0 Å². The Morgan fingerprint density at radius 1 is 1.04 bits per heavy atom. The van der Waals surface area contributed by atoms with Gasteiger partial charge in [0.2, 0.25) is 0 Å². The van der Waals surface area contributed by atoms with E-state index in [4.69, 9.17) is 11.6 Å². The van der Waals surface area contributed by atoms with E-state index in [1.54, 1.807) is 4.90 Å². The monoisotopic (exact) mass is 426 g/mol. The minimum absolute atomic E-state index is 0.0489. The molecule has 0 saturated carbocycles. The van der Waals surface area contributed by atoms with Gasteiger partial charge in [0.1, 0.15) is 6.17 Å². The molecule has 0 saturated heterocycles. The number of para-hydroxylation sites is 1. The van der Waals surface area contributed by atoms with Crippen LogP contribution in [0.3, 0.4) is 0 Å². The molecule has 5 heteroatoms. The number of hydrogen-bond acceptors (Lipinski definition) is 2. The summed E-state index contributed by atoms with van der Waals surface area (Å²) in [7, 11) is 0. The number of carbonyl (C=O) groups excluding carboxylic acids is 1. The fourth-order valence-electron chi connectivity index (χ4n) is 3.13. The van der Waals surface area contributed by atoms with E-state index < -0.39 is 0 Å². The summed E-state index contributed by atoms with van der Waals surface area (Å²) >= 11 is 9.80. The molecule has 0 spiro atoms. The predicted molar refractivity (Wildman–Crippen MR) is 110 cm³/mol. The van der Waals surface area contributed by atoms with Gasteiger partial charge in [-0.2, -0.15) is 0 Å². The van der Waals surface area contributed by atoms with E-state index in [-0.39, 0.29) is 12.1 Å². The van der Waals surface area contributed by atoms with Gasteiger partial charge >= 0.3 is 0 Å². The smallest absolute Gasteiger partial charge is 0.262 e. The Morgan fingerprint density at radius 2 is 1.77 bits per heavy atom. The number of hydrogen-bond donors (Lipinski definition) is 1. The second kappa shape index (κ2) is 6.78. The number of nitrogens with one attached hydrogen (secondary N) is 1. The van der Waals surface area contributed by atoms with Crippen LogP contribution in [-0.4, -0.2) is 5.91 Å². The molecule has 1 amide bonds. The molecule has 130 valence electrons. The molecule has 26 heavy (non-hydrogen) atoms. The number of nitrogens with zero attached hydrogens (tertiary/aromatic N) is 1. The summed E-state index contributed by atoms with van der Waals surface area (Å²) in [4.78, 5) is 15.1. The average Bonchev–Trinajstić information content (AvgIpc) is 2.65. The molecule has 1 unspecified atom stereocenters. The number of fused-ring (bicyclic) bond motifs is 1. The molecule has 1 aliphatic rings. The average molecular weight is 428 g/mol. The van der Waals surface area contributed by atoms with Crippen molar-refractivity contribution in [3.05, 3.63) is 92.9 Å². The first-order valence-electron chi connectivity index (χ1n) is 8.25. The molecule has 0 aliphatic carbocycles. The van der Waals surface area contributed by atoms with Crippen molar-refractivity contribution in [2.45, 2.75) is 13.1 Å². The third kappa shape index (κ3) is 3.00. The summed E-state index contributed by atoms with van der Waals surface area (Å²) < 4.78 is 0.994. The highest BCUT2D eigenvalue weighted by Gasteiger charge is 2.34. The number of benzene rings is 3. The second-order valence-corrected chi connectivity index (χ2v) is 7.58. The first kappa shape index (κ1) is 17.1. The quantitative estimate of drug-likeness (QED) is 0.529. The lowest BCUT2D eigenvalue weighted by Gasteiger charge is -2.38. The Bertz CT molecular complexity index is 988. The third-order valence-electron chi connectivity index (χ3n) is 4.55. The van der Waals surface area contributed by atoms with Gasteiger partial charge in [-0.1, -0.05) is 57.9 Å². The number of carbonyl (C=O) groups is 1. The van der Waals surface area contributed by atoms with Crippen molar-refractivity contribution in [3.8, 4) is 0 Å². The van der Waals surface area contributed by atoms with E-state index in [1.165, 1.54) is 0 Å². The van der Waals surface area contributed by atoms with Crippen molar-refractivity contribution in [3.63, 3.8) is 0 Å². The van der Waals surface area contributed by atoms with Crippen molar-refractivity contribution in [2.75, 3.05) is 10.2 Å². The molecule has 0 aromatic heterocycles. The Balaban J connectivity index is 1.87. The maximum atomic E-state index is 13.3. The van der Waals surface area contributed by atoms with Crippen LogP contribution in [0.1, 0.15) is 27.7 Å². The van der Waals surface area contributed by atoms with Crippen LogP contribution in [0.5, 0.6) is 0 Å². The molecule has 3 aromatic rings. The summed E-state index contributed by atoms with van der Waals surface area (Å²) in [5.41, 5.74) is 4.22. The zero-order valence-corrected chi connectivity index (χ0v) is 16.4. The molecule has 1 aliphatic heterocycles. The van der Waals surface area contributed by atoms with Crippen molar-refractivity contribution >= 4 is 44.8 Å². The maximum Gasteiger partial charge on any atom is 0.262 e. The SMILES string of the molecule is Cc1ccc(N2C(=O)c3ccccc3NC2c2ccc(Br)cc2)cc1Cl. The lowest BCUT2D eigenvalue weighted by atomic mass is 10.0. The van der Waals surface area contributed by atoms with Crippen LogP contribution in [0.25, 0.3) is 0 Å². The first-order valence-corrected chi connectivity index (χ1v) is 9.42. The van der Waals surface area contributed by atoms with Crippen molar-refractivity contribution in [2.24, 2.45) is 0 Å². The minimum Gasteiger partial charge on any atom is -0.360 e. The minimum atomic E-state index is -0.315. The van der Waals surface area contributed by atoms with Gasteiger partial charge in [0.15, 0.2) is 0 Å². The number of anilines is 2. The van der Waals surface area contributed by atoms with Crippen molar-refractivity contribution < 1.29 is 4.79 Å². The van der Waals surface area contributed by atoms with Crippen LogP contribution in [0.15, 0.2) is 71.2 Å². The molecule has 1 atom stereocenters. The van der Waals surface area contributed by atoms with Crippen LogP contribution in [0, 0.1) is 6.92 Å². The van der Waals surface area contributed by atoms with Gasteiger partial charge in [0, 0.05) is 20.9 Å². The van der Waals surface area contributed by atoms with Gasteiger partial charge in [0.05, 0.1) is 5.56 Å². The number of aryl methyl sites for hydroxylation is 1. The Labute approximate surface area is 165 Å². The van der Waals surface area contributed by atoms with Gasteiger partial charge in [-0.05, 0) is 54.4 Å². The maximum absolute atomic E-state index is 13.3. The molecule has 3 nitrogen and oxygen atoms in total. The summed E-state index contributed by atoms with van der Waals surface area (Å²) in [6.45, 7) is 1.95. The third-order valence-corrected chi connectivity index (χ3v) is 5.48. The molecule has 0 bridgehead atoms. The highest BCUT2D eigenvalue weighted by molar-refractivity contribution is 9.10. The van der Waals surface area contributed by atoms with Gasteiger partial charge in [-0.25, -0.2) is 0 Å². The van der Waals surface area contributed by atoms with Crippen LogP contribution in [0.2, 0.25) is 5.02 Å². The van der Waals surface area contributed by atoms with Gasteiger partial charge in [0.25, 0.3) is 5.91 Å². The Hall–Kier alpha value is -2.30. The largest absolute Gasteiger partial charge is 0.360 e. The van der Waals surface area contributed by atoms with Crippen molar-refractivity contribution in [1.82, 2.24) is 0 Å². The molecule has 1 heterocycles. The molecule has 1 N–H and O–H groups in total. The Kier molecular flexibility index (Phi) is 4.47. The van der Waals surface area contributed by atoms with Crippen molar-refractivity contribution in [1.29, 1.82) is 0 Å². The van der Waals surface area contributed by atoms with Gasteiger partial charge < -0.3 is 5.32 Å². The topological polar surface area (TPSA) is 32.3 Å². The van der Waals surface area contributed by atoms with E-state index in [1.807, 2.05) is 73.7 Å². The summed E-state index contributed by atoms with van der Waals surface area (Å²) in [6.07, 6.45) is -0.315. The number of halogens is 2. The standard InChI is InChI=1S/C21H16BrClN2O/c1-13-6-11-16(12-18(13)23)25-20(14-7-9-15(22)10-8-14)24-19-5-3-2-4-17(19)21(25)26/h2-12,20,24H,1H3. The van der Waals surface area contributed by atoms with E-state index >= 15 is 0 Å². The first-order chi connectivity index (χ1) is 12.5. The van der Waals surface area contributed by atoms with E-state index in [2.05, 4.69) is 21.2 Å². The van der Waals surface area contributed by atoms with E-state index in [0.717, 1.165) is 27.0 Å². The lowest BCUT2D eigenvalue weighted by Crippen LogP contribution is -2.43. The van der Waals surface area contributed by atoms with E-state index in [9.17, 15) is 4.79 Å². The fraction of sp³-hybridized carbons (Fsp3) is 0.0952. The fourth-order valence-corrected chi connectivity index (χ4v) is 3.57. The summed E-state index contributed by atoms with van der Waals surface area (Å²) in [6, 6.07) is 21.2. The Morgan fingerprint density at radius 3 is 2.50 bits per heavy atom. The zero-order valence-electron chi connectivity index (χ0n) is 14.0. The molecule has 0 radical (unpaired) electrons. The normalized spacial score (nSPS) is 16.2. The number of amides is 1. The lowest BCUT2D eigenvalue weighted by molar-refractivity contribution is 0.0975. The van der Waals surface area contributed by atoms with Crippen LogP contribution < -0.4 is 10.2 Å². The molecular weight excluding hydrogens is 412 g/mol. The van der Waals surface area contributed by atoms with E-state index in [0.29, 0.717) is 10.6 Å². The summed E-state index contributed by atoms with van der Waals surface area (Å²) in [5, 5.41) is 4.13. The molecule has 3 aromatic carbocycles. The summed E-state index contributed by atoms with van der Waals surface area (Å²) in [5.74, 6) is -0.0489. The van der Waals surface area contributed by atoms with Crippen LogP contribution in [0.4, 0.5) is 11.4 Å². The zero-order chi connectivity index (χ0) is 18.3. The van der Waals surface area contributed by atoms with Crippen LogP contribution >= 0.6 is 27.5 Å². The highest BCUT2D eigenvalue weighted by atomic mass is 79.9. The molecule has 0 fully saturated rings. The van der Waals surface area contributed by atoms with Crippen LogP contribution in [-0.2, 0) is 0 Å². The molecule has 4 rings (SSSR count). The predicted octanol–water partition coefficient (Wildman–Crippen LogP) is 6.18. The second-order valence-electron chi connectivity index (χ2n) is 6.25. The van der Waals surface area contributed by atoms with Gasteiger partial charge in [-0.3, -0.25) is 9.69 Å². The molecular formula is C21H16BrClN2O. The number of rotatable bonds is 2. The highest BCUT2D eigenvalue weighted by Crippen LogP contribution is 2.38.